The molecule has 2 heterocycles. The quantitative estimate of drug-likeness (QED) is 0.250. The minimum Gasteiger partial charge on any atom is -0.508 e. The highest BCUT2D eigenvalue weighted by Crippen LogP contribution is 2.44. The van der Waals surface area contributed by atoms with E-state index in [1.54, 1.807) is 30.5 Å². The van der Waals surface area contributed by atoms with Crippen molar-refractivity contribution in [2.45, 2.75) is 13.0 Å². The first kappa shape index (κ1) is 19.6. The summed E-state index contributed by atoms with van der Waals surface area (Å²) in [6.07, 6.45) is 1.63. The number of aromatic amines is 1. The predicted octanol–water partition coefficient (Wildman–Crippen LogP) is 4.81. The van der Waals surface area contributed by atoms with Crippen LogP contribution in [0, 0.1) is 6.92 Å². The summed E-state index contributed by atoms with van der Waals surface area (Å²) in [4.78, 5) is 31.0. The minimum absolute atomic E-state index is 0.00460. The first-order valence-corrected chi connectivity index (χ1v) is 10.2. The van der Waals surface area contributed by atoms with E-state index >= 15 is 0 Å². The van der Waals surface area contributed by atoms with Crippen LogP contribution in [0.25, 0.3) is 16.7 Å². The van der Waals surface area contributed by atoms with E-state index in [1.165, 1.54) is 17.0 Å². The van der Waals surface area contributed by atoms with Crippen LogP contribution < -0.4 is 4.90 Å². The van der Waals surface area contributed by atoms with Crippen molar-refractivity contribution in [3.8, 4) is 5.75 Å². The summed E-state index contributed by atoms with van der Waals surface area (Å²) in [7, 11) is 0. The summed E-state index contributed by atoms with van der Waals surface area (Å²) < 4.78 is 0. The average Bonchev–Trinajstić information content (AvgIpc) is 3.33. The molecule has 158 valence electrons. The van der Waals surface area contributed by atoms with E-state index in [9.17, 15) is 19.8 Å². The van der Waals surface area contributed by atoms with E-state index in [-0.39, 0.29) is 17.1 Å². The lowest BCUT2D eigenvalue weighted by Crippen LogP contribution is -2.30. The Hall–Kier alpha value is -4.32. The zero-order chi connectivity index (χ0) is 22.4. The van der Waals surface area contributed by atoms with Gasteiger partial charge in [-0.1, -0.05) is 48.5 Å². The molecule has 5 rings (SSSR count). The average molecular weight is 424 g/mol. The lowest BCUT2D eigenvalue weighted by Gasteiger charge is -2.26. The lowest BCUT2D eigenvalue weighted by molar-refractivity contribution is -0.132. The van der Waals surface area contributed by atoms with Crippen molar-refractivity contribution in [2.24, 2.45) is 0 Å². The minimum atomic E-state index is -0.892. The Balaban J connectivity index is 1.79. The standard InChI is InChI=1S/C26H20N2O4/c1-15-7-2-5-12-21(15)28-23(16-8-6-9-17(29)13-16)22(25(31)26(28)32)24(30)19-14-27-20-11-4-3-10-18(19)20/h2-14,23,27,29-30H,1H3/b24-22-. The van der Waals surface area contributed by atoms with Crippen LogP contribution in [0.1, 0.15) is 22.7 Å². The summed E-state index contributed by atoms with van der Waals surface area (Å²) in [6.45, 7) is 1.86. The Kier molecular flexibility index (Phi) is 4.56. The molecule has 6 nitrogen and oxygen atoms in total. The van der Waals surface area contributed by atoms with Gasteiger partial charge in [0.1, 0.15) is 11.5 Å². The highest BCUT2D eigenvalue weighted by atomic mass is 16.3. The van der Waals surface area contributed by atoms with Gasteiger partial charge >= 0.3 is 0 Å². The van der Waals surface area contributed by atoms with Crippen LogP contribution in [0.5, 0.6) is 5.75 Å². The van der Waals surface area contributed by atoms with Crippen LogP contribution in [-0.2, 0) is 9.59 Å². The Labute approximate surface area is 184 Å². The smallest absolute Gasteiger partial charge is 0.300 e. The fourth-order valence-corrected chi connectivity index (χ4v) is 4.34. The van der Waals surface area contributed by atoms with Gasteiger partial charge in [-0.2, -0.15) is 0 Å². The van der Waals surface area contributed by atoms with Gasteiger partial charge in [-0.3, -0.25) is 14.5 Å². The van der Waals surface area contributed by atoms with Crippen LogP contribution >= 0.6 is 0 Å². The molecule has 4 aromatic rings. The number of aromatic hydroxyl groups is 1. The van der Waals surface area contributed by atoms with Gasteiger partial charge in [-0.25, -0.2) is 0 Å². The second-order valence-corrected chi connectivity index (χ2v) is 7.80. The maximum absolute atomic E-state index is 13.3. The van der Waals surface area contributed by atoms with Crippen molar-refractivity contribution in [3.05, 3.63) is 101 Å². The van der Waals surface area contributed by atoms with Gasteiger partial charge in [0.05, 0.1) is 11.6 Å². The zero-order valence-electron chi connectivity index (χ0n) is 17.2. The fraction of sp³-hybridized carbons (Fsp3) is 0.0769. The number of nitrogens with zero attached hydrogens (tertiary/aromatic N) is 1. The number of ketones is 1. The number of benzene rings is 3. The van der Waals surface area contributed by atoms with Crippen molar-refractivity contribution in [1.82, 2.24) is 4.98 Å². The molecule has 1 amide bonds. The number of phenolic OH excluding ortho intramolecular Hbond substituents is 1. The van der Waals surface area contributed by atoms with Gasteiger partial charge in [0, 0.05) is 28.4 Å². The zero-order valence-corrected chi connectivity index (χ0v) is 17.2. The van der Waals surface area contributed by atoms with Crippen molar-refractivity contribution in [2.75, 3.05) is 4.90 Å². The molecule has 1 unspecified atom stereocenters. The molecule has 0 radical (unpaired) electrons. The molecule has 1 fully saturated rings. The molecule has 1 aliphatic heterocycles. The van der Waals surface area contributed by atoms with Gasteiger partial charge in [0.25, 0.3) is 11.7 Å². The van der Waals surface area contributed by atoms with E-state index in [2.05, 4.69) is 4.98 Å². The number of H-pyrrole nitrogens is 1. The molecule has 0 bridgehead atoms. The normalized spacial score (nSPS) is 17.9. The Morgan fingerprint density at radius 1 is 0.969 bits per heavy atom. The molecular weight excluding hydrogens is 404 g/mol. The SMILES string of the molecule is Cc1ccccc1N1C(=O)C(=O)/C(=C(\O)c2c[nH]c3ccccc23)C1c1cccc(O)c1. The van der Waals surface area contributed by atoms with Gasteiger partial charge < -0.3 is 15.2 Å². The molecule has 32 heavy (non-hydrogen) atoms. The van der Waals surface area contributed by atoms with Gasteiger partial charge in [-0.05, 0) is 42.3 Å². The number of fused-ring (bicyclic) bond motifs is 1. The number of amides is 1. The van der Waals surface area contributed by atoms with E-state index in [0.29, 0.717) is 16.8 Å². The summed E-state index contributed by atoms with van der Waals surface area (Å²) in [5.41, 5.74) is 3.12. The van der Waals surface area contributed by atoms with Crippen molar-refractivity contribution < 1.29 is 19.8 Å². The summed E-state index contributed by atoms with van der Waals surface area (Å²) >= 11 is 0. The molecular formula is C26H20N2O4. The van der Waals surface area contributed by atoms with Crippen LogP contribution in [-0.4, -0.2) is 26.9 Å². The molecule has 0 aliphatic carbocycles. The van der Waals surface area contributed by atoms with E-state index in [1.807, 2.05) is 43.3 Å². The number of carbonyl (C=O) groups excluding carboxylic acids is 2. The van der Waals surface area contributed by atoms with E-state index < -0.39 is 17.7 Å². The van der Waals surface area contributed by atoms with Crippen LogP contribution in [0.4, 0.5) is 5.69 Å². The number of carbonyl (C=O) groups is 2. The second-order valence-electron chi connectivity index (χ2n) is 7.80. The topological polar surface area (TPSA) is 93.6 Å². The number of aliphatic hydroxyl groups is 1. The maximum Gasteiger partial charge on any atom is 0.300 e. The number of aryl methyl sites for hydroxylation is 1. The Morgan fingerprint density at radius 3 is 2.50 bits per heavy atom. The summed E-state index contributed by atoms with van der Waals surface area (Å²) in [5.74, 6) is -1.76. The number of aromatic nitrogens is 1. The third kappa shape index (κ3) is 2.96. The monoisotopic (exact) mass is 424 g/mol. The molecule has 3 aromatic carbocycles. The largest absolute Gasteiger partial charge is 0.508 e. The maximum atomic E-state index is 13.3. The number of anilines is 1. The number of hydrogen-bond acceptors (Lipinski definition) is 4. The number of hydrogen-bond donors (Lipinski definition) is 3. The predicted molar refractivity (Wildman–Crippen MR) is 122 cm³/mol. The highest BCUT2D eigenvalue weighted by Gasteiger charge is 2.47. The van der Waals surface area contributed by atoms with E-state index in [4.69, 9.17) is 0 Å². The Morgan fingerprint density at radius 2 is 1.72 bits per heavy atom. The third-order valence-electron chi connectivity index (χ3n) is 5.85. The van der Waals surface area contributed by atoms with Crippen molar-refractivity contribution >= 4 is 34.0 Å². The molecule has 6 heteroatoms. The van der Waals surface area contributed by atoms with Crippen molar-refractivity contribution in [1.29, 1.82) is 0 Å². The molecule has 1 atom stereocenters. The van der Waals surface area contributed by atoms with E-state index in [0.717, 1.165) is 16.5 Å². The number of nitrogens with one attached hydrogen (secondary N) is 1. The first-order chi connectivity index (χ1) is 15.5. The molecule has 0 saturated carbocycles. The lowest BCUT2D eigenvalue weighted by atomic mass is 9.94. The van der Waals surface area contributed by atoms with Crippen LogP contribution in [0.3, 0.4) is 0 Å². The summed E-state index contributed by atoms with van der Waals surface area (Å²) in [5, 5.41) is 22.2. The molecule has 1 aromatic heterocycles. The van der Waals surface area contributed by atoms with Gasteiger partial charge in [0.15, 0.2) is 0 Å². The first-order valence-electron chi connectivity index (χ1n) is 10.2. The third-order valence-corrected chi connectivity index (χ3v) is 5.85. The molecule has 0 spiro atoms. The second kappa shape index (κ2) is 7.42. The fourth-order valence-electron chi connectivity index (χ4n) is 4.34. The number of Topliss-reactive ketones (excluding diaryl/α,β-unsaturated/α-hetero) is 1. The number of para-hydroxylation sites is 2. The Bertz CT molecular complexity index is 1420. The van der Waals surface area contributed by atoms with Crippen LogP contribution in [0.2, 0.25) is 0 Å². The van der Waals surface area contributed by atoms with Gasteiger partial charge in [-0.15, -0.1) is 0 Å². The van der Waals surface area contributed by atoms with Gasteiger partial charge in [0.2, 0.25) is 0 Å². The highest BCUT2D eigenvalue weighted by molar-refractivity contribution is 6.52. The molecule has 1 aliphatic rings. The van der Waals surface area contributed by atoms with Crippen molar-refractivity contribution in [3.63, 3.8) is 0 Å². The summed E-state index contributed by atoms with van der Waals surface area (Å²) in [6, 6.07) is 20.2. The molecule has 1 saturated heterocycles. The van der Waals surface area contributed by atoms with Crippen LogP contribution in [0.15, 0.2) is 84.6 Å². The molecule has 3 N–H and O–H groups in total. The number of aliphatic hydroxyl groups excluding tert-OH is 1. The number of phenols is 1. The number of rotatable bonds is 3.